The molecular formula is C56H108O6. The van der Waals surface area contributed by atoms with Gasteiger partial charge < -0.3 is 14.2 Å². The second kappa shape index (κ2) is 48.9. The smallest absolute Gasteiger partial charge is 0.306 e. The number of rotatable bonds is 50. The fraction of sp³-hybridized carbons (Fsp3) is 0.946. The number of esters is 3. The van der Waals surface area contributed by atoms with Gasteiger partial charge in [-0.05, 0) is 31.1 Å². The van der Waals surface area contributed by atoms with Crippen molar-refractivity contribution in [1.82, 2.24) is 0 Å². The standard InChI is InChI=1S/C56H108O6/c1-6-8-9-10-11-12-13-14-15-16-17-18-19-26-31-36-41-46-54(57)60-49-53(50-61-55(58)47-42-37-32-27-22-20-24-29-34-39-44-51(3)4)62-56(59)48-43-38-33-28-23-21-25-30-35-40-45-52(5)7-2/h51-53H,6-50H2,1-5H3/t52?,53-/m0/s1. The lowest BCUT2D eigenvalue weighted by molar-refractivity contribution is -0.167. The lowest BCUT2D eigenvalue weighted by Crippen LogP contribution is -2.30. The van der Waals surface area contributed by atoms with Crippen molar-refractivity contribution in [2.24, 2.45) is 11.8 Å². The molecule has 0 aliphatic carbocycles. The van der Waals surface area contributed by atoms with Gasteiger partial charge in [0.05, 0.1) is 0 Å². The molecule has 0 saturated heterocycles. The molecular weight excluding hydrogens is 769 g/mol. The highest BCUT2D eigenvalue weighted by Crippen LogP contribution is 2.18. The average Bonchev–Trinajstić information content (AvgIpc) is 3.26. The minimum Gasteiger partial charge on any atom is -0.462 e. The first-order valence-corrected chi connectivity index (χ1v) is 27.8. The number of carbonyl (C=O) groups excluding carboxylic acids is 3. The fourth-order valence-electron chi connectivity index (χ4n) is 8.49. The molecule has 0 aromatic carbocycles. The molecule has 0 amide bonds. The van der Waals surface area contributed by atoms with Crippen LogP contribution in [0.1, 0.15) is 311 Å². The third kappa shape index (κ3) is 47.9. The zero-order chi connectivity index (χ0) is 45.4. The van der Waals surface area contributed by atoms with E-state index in [2.05, 4.69) is 34.6 Å². The second-order valence-corrected chi connectivity index (χ2v) is 19.9. The lowest BCUT2D eigenvalue weighted by atomic mass is 9.99. The van der Waals surface area contributed by atoms with Crippen LogP contribution in [-0.2, 0) is 28.6 Å². The predicted octanol–water partition coefficient (Wildman–Crippen LogP) is 18.1. The van der Waals surface area contributed by atoms with Crippen molar-refractivity contribution in [2.75, 3.05) is 13.2 Å². The molecule has 0 saturated carbocycles. The Morgan fingerprint density at radius 2 is 0.613 bits per heavy atom. The van der Waals surface area contributed by atoms with Crippen LogP contribution in [-0.4, -0.2) is 37.2 Å². The molecule has 62 heavy (non-hydrogen) atoms. The molecule has 6 nitrogen and oxygen atoms in total. The van der Waals surface area contributed by atoms with Gasteiger partial charge >= 0.3 is 17.9 Å². The molecule has 0 aromatic rings. The zero-order valence-corrected chi connectivity index (χ0v) is 42.5. The first-order chi connectivity index (χ1) is 30.3. The van der Waals surface area contributed by atoms with Crippen LogP contribution in [0.4, 0.5) is 0 Å². The van der Waals surface area contributed by atoms with Gasteiger partial charge in [0.15, 0.2) is 6.10 Å². The van der Waals surface area contributed by atoms with E-state index in [-0.39, 0.29) is 31.1 Å². The summed E-state index contributed by atoms with van der Waals surface area (Å²) in [5, 5.41) is 0. The molecule has 0 heterocycles. The van der Waals surface area contributed by atoms with Gasteiger partial charge in [0.1, 0.15) is 13.2 Å². The molecule has 0 fully saturated rings. The molecule has 2 atom stereocenters. The molecule has 0 aromatic heterocycles. The topological polar surface area (TPSA) is 78.9 Å². The van der Waals surface area contributed by atoms with Crippen molar-refractivity contribution < 1.29 is 28.6 Å². The third-order valence-electron chi connectivity index (χ3n) is 13.1. The van der Waals surface area contributed by atoms with E-state index in [1.165, 1.54) is 199 Å². The van der Waals surface area contributed by atoms with Crippen LogP contribution >= 0.6 is 0 Å². The zero-order valence-electron chi connectivity index (χ0n) is 42.5. The molecule has 0 radical (unpaired) electrons. The maximum absolute atomic E-state index is 12.8. The van der Waals surface area contributed by atoms with E-state index < -0.39 is 6.10 Å². The Labute approximate surface area is 387 Å². The van der Waals surface area contributed by atoms with E-state index in [9.17, 15) is 14.4 Å². The van der Waals surface area contributed by atoms with E-state index in [0.29, 0.717) is 19.3 Å². The van der Waals surface area contributed by atoms with Gasteiger partial charge in [-0.3, -0.25) is 14.4 Å². The highest BCUT2D eigenvalue weighted by atomic mass is 16.6. The first-order valence-electron chi connectivity index (χ1n) is 27.8. The number of hydrogen-bond acceptors (Lipinski definition) is 6. The predicted molar refractivity (Wildman–Crippen MR) is 266 cm³/mol. The fourth-order valence-corrected chi connectivity index (χ4v) is 8.49. The highest BCUT2D eigenvalue weighted by Gasteiger charge is 2.19. The average molecular weight is 877 g/mol. The number of carbonyl (C=O) groups is 3. The van der Waals surface area contributed by atoms with Crippen molar-refractivity contribution >= 4 is 17.9 Å². The third-order valence-corrected chi connectivity index (χ3v) is 13.1. The van der Waals surface area contributed by atoms with Crippen molar-refractivity contribution in [3.8, 4) is 0 Å². The maximum atomic E-state index is 12.8. The van der Waals surface area contributed by atoms with Gasteiger partial charge in [-0.2, -0.15) is 0 Å². The molecule has 1 unspecified atom stereocenters. The summed E-state index contributed by atoms with van der Waals surface area (Å²) < 4.78 is 16.9. The van der Waals surface area contributed by atoms with Gasteiger partial charge in [0, 0.05) is 19.3 Å². The maximum Gasteiger partial charge on any atom is 0.306 e. The summed E-state index contributed by atoms with van der Waals surface area (Å²) in [6, 6.07) is 0. The summed E-state index contributed by atoms with van der Waals surface area (Å²) in [6.07, 6.45) is 50.8. The van der Waals surface area contributed by atoms with E-state index in [4.69, 9.17) is 14.2 Å². The molecule has 0 bridgehead atoms. The van der Waals surface area contributed by atoms with E-state index in [1.54, 1.807) is 0 Å². The first kappa shape index (κ1) is 60.4. The van der Waals surface area contributed by atoms with Gasteiger partial charge in [-0.25, -0.2) is 0 Å². The van der Waals surface area contributed by atoms with E-state index in [1.807, 2.05) is 0 Å². The second-order valence-electron chi connectivity index (χ2n) is 19.9. The monoisotopic (exact) mass is 877 g/mol. The van der Waals surface area contributed by atoms with Crippen LogP contribution in [0.25, 0.3) is 0 Å². The van der Waals surface area contributed by atoms with Crippen molar-refractivity contribution in [3.63, 3.8) is 0 Å². The van der Waals surface area contributed by atoms with Gasteiger partial charge in [0.25, 0.3) is 0 Å². The molecule has 0 rings (SSSR count). The lowest BCUT2D eigenvalue weighted by Gasteiger charge is -2.18. The molecule has 0 N–H and O–H groups in total. The molecule has 0 aliphatic heterocycles. The van der Waals surface area contributed by atoms with Crippen LogP contribution in [0.2, 0.25) is 0 Å². The van der Waals surface area contributed by atoms with Crippen LogP contribution in [0.3, 0.4) is 0 Å². The number of unbranched alkanes of at least 4 members (excludes halogenated alkanes) is 34. The summed E-state index contributed by atoms with van der Waals surface area (Å²) in [7, 11) is 0. The highest BCUT2D eigenvalue weighted by molar-refractivity contribution is 5.71. The Bertz CT molecular complexity index is 949. The number of hydrogen-bond donors (Lipinski definition) is 0. The van der Waals surface area contributed by atoms with Gasteiger partial charge in [0.2, 0.25) is 0 Å². The van der Waals surface area contributed by atoms with Gasteiger partial charge in [-0.15, -0.1) is 0 Å². The van der Waals surface area contributed by atoms with Crippen LogP contribution in [0.15, 0.2) is 0 Å². The Morgan fingerprint density at radius 1 is 0.339 bits per heavy atom. The van der Waals surface area contributed by atoms with Crippen LogP contribution < -0.4 is 0 Å². The summed E-state index contributed by atoms with van der Waals surface area (Å²) >= 11 is 0. The van der Waals surface area contributed by atoms with Gasteiger partial charge in [-0.1, -0.05) is 272 Å². The minimum atomic E-state index is -0.762. The minimum absolute atomic E-state index is 0.0633. The van der Waals surface area contributed by atoms with Crippen LogP contribution in [0, 0.1) is 11.8 Å². The Hall–Kier alpha value is -1.59. The Balaban J connectivity index is 4.30. The summed E-state index contributed by atoms with van der Waals surface area (Å²) in [6.45, 7) is 11.4. The SMILES string of the molecule is CCCCCCCCCCCCCCCCCCCC(=O)OC[C@@H](COC(=O)CCCCCCCCCCCCC(C)C)OC(=O)CCCCCCCCCCCCC(C)CC. The summed E-state index contributed by atoms with van der Waals surface area (Å²) in [5.41, 5.74) is 0. The molecule has 6 heteroatoms. The largest absolute Gasteiger partial charge is 0.462 e. The van der Waals surface area contributed by atoms with Crippen molar-refractivity contribution in [2.45, 2.75) is 317 Å². The summed E-state index contributed by atoms with van der Waals surface area (Å²) in [5.74, 6) is 0.842. The normalized spacial score (nSPS) is 12.5. The van der Waals surface area contributed by atoms with Crippen molar-refractivity contribution in [1.29, 1.82) is 0 Å². The molecule has 0 spiro atoms. The summed E-state index contributed by atoms with van der Waals surface area (Å²) in [4.78, 5) is 38.1. The van der Waals surface area contributed by atoms with Crippen LogP contribution in [0.5, 0.6) is 0 Å². The quantitative estimate of drug-likeness (QED) is 0.0344. The van der Waals surface area contributed by atoms with E-state index >= 15 is 0 Å². The number of ether oxygens (including phenoxy) is 3. The van der Waals surface area contributed by atoms with Crippen molar-refractivity contribution in [3.05, 3.63) is 0 Å². The Morgan fingerprint density at radius 3 is 0.919 bits per heavy atom. The van der Waals surface area contributed by atoms with E-state index in [0.717, 1.165) is 69.6 Å². The molecule has 368 valence electrons. The molecule has 0 aliphatic rings. The Kier molecular flexibility index (Phi) is 47.6.